The van der Waals surface area contributed by atoms with Gasteiger partial charge in [-0.1, -0.05) is 24.3 Å². The van der Waals surface area contributed by atoms with E-state index in [-0.39, 0.29) is 16.2 Å². The van der Waals surface area contributed by atoms with E-state index in [1.807, 2.05) is 0 Å². The average molecular weight is 278 g/mol. The summed E-state index contributed by atoms with van der Waals surface area (Å²) < 4.78 is 25.8. The molecule has 0 aliphatic rings. The van der Waals surface area contributed by atoms with Crippen LogP contribution in [0.25, 0.3) is 0 Å². The minimum atomic E-state index is -2.33. The zero-order valence-corrected chi connectivity index (χ0v) is 10.5. The Balaban J connectivity index is 2.52. The molecule has 1 unspecified atom stereocenters. The number of carboxylic acids is 1. The van der Waals surface area contributed by atoms with E-state index < -0.39 is 17.0 Å². The van der Waals surface area contributed by atoms with Crippen LogP contribution < -0.4 is 4.74 Å². The molecule has 0 saturated carbocycles. The fraction of sp³-hybridized carbons (Fsp3) is 0. The quantitative estimate of drug-likeness (QED) is 0.840. The maximum Gasteiger partial charge on any atom is 0.339 e. The Labute approximate surface area is 111 Å². The smallest absolute Gasteiger partial charge is 0.339 e. The molecule has 0 aliphatic carbocycles. The third kappa shape index (κ3) is 2.98. The Morgan fingerprint density at radius 1 is 1.05 bits per heavy atom. The van der Waals surface area contributed by atoms with Crippen LogP contribution in [-0.4, -0.2) is 19.8 Å². The molecule has 6 heteroatoms. The highest BCUT2D eigenvalue weighted by Gasteiger charge is 2.19. The van der Waals surface area contributed by atoms with Crippen LogP contribution >= 0.6 is 0 Å². The lowest BCUT2D eigenvalue weighted by Crippen LogP contribution is -2.04. The first kappa shape index (κ1) is 13.3. The lowest BCUT2D eigenvalue weighted by atomic mass is 10.2. The van der Waals surface area contributed by atoms with Gasteiger partial charge >= 0.3 is 5.97 Å². The Morgan fingerprint density at radius 3 is 2.32 bits per heavy atom. The van der Waals surface area contributed by atoms with Gasteiger partial charge in [0.15, 0.2) is 16.8 Å². The predicted octanol–water partition coefficient (Wildman–Crippen LogP) is 2.76. The first-order valence-corrected chi connectivity index (χ1v) is 6.40. The fourth-order valence-corrected chi connectivity index (χ4v) is 2.04. The molecule has 2 rings (SSSR count). The summed E-state index contributed by atoms with van der Waals surface area (Å²) in [5.41, 5.74) is -0.163. The Bertz CT molecular complexity index is 592. The largest absolute Gasteiger partial charge is 0.478 e. The molecule has 0 spiro atoms. The van der Waals surface area contributed by atoms with Crippen molar-refractivity contribution in [3.8, 4) is 11.5 Å². The van der Waals surface area contributed by atoms with E-state index in [1.165, 1.54) is 18.2 Å². The van der Waals surface area contributed by atoms with Crippen molar-refractivity contribution in [3.63, 3.8) is 0 Å². The zero-order chi connectivity index (χ0) is 13.8. The first-order valence-electron chi connectivity index (χ1n) is 5.29. The summed E-state index contributed by atoms with van der Waals surface area (Å²) in [6.45, 7) is 0. The van der Waals surface area contributed by atoms with Gasteiger partial charge in [0.05, 0.1) is 0 Å². The minimum absolute atomic E-state index is 0.0799. The molecule has 2 aromatic rings. The van der Waals surface area contributed by atoms with Crippen LogP contribution in [0.4, 0.5) is 0 Å². The van der Waals surface area contributed by atoms with E-state index in [2.05, 4.69) is 0 Å². The standard InChI is InChI=1S/C13H10O5S/c14-13(15)10-7-4-8-11(19(16)17)12(10)18-9-5-2-1-3-6-9/h1-8H,(H,14,15)(H,16,17). The van der Waals surface area contributed by atoms with Crippen molar-refractivity contribution in [2.75, 3.05) is 0 Å². The molecule has 5 nitrogen and oxygen atoms in total. The van der Waals surface area contributed by atoms with Gasteiger partial charge in [0.2, 0.25) is 0 Å². The Hall–Kier alpha value is -2.18. The molecular formula is C13H10O5S. The van der Waals surface area contributed by atoms with Crippen molar-refractivity contribution in [1.29, 1.82) is 0 Å². The highest BCUT2D eigenvalue weighted by atomic mass is 32.2. The van der Waals surface area contributed by atoms with Crippen LogP contribution in [0.15, 0.2) is 53.4 Å². The summed E-state index contributed by atoms with van der Waals surface area (Å²) in [5, 5.41) is 9.09. The lowest BCUT2D eigenvalue weighted by Gasteiger charge is -2.11. The number of ether oxygens (including phenoxy) is 1. The number of rotatable bonds is 4. The number of carboxylic acid groups (broad SMARTS) is 1. The van der Waals surface area contributed by atoms with Crippen molar-refractivity contribution in [3.05, 3.63) is 54.1 Å². The van der Waals surface area contributed by atoms with Crippen LogP contribution in [0.2, 0.25) is 0 Å². The van der Waals surface area contributed by atoms with Crippen LogP contribution in [0.3, 0.4) is 0 Å². The van der Waals surface area contributed by atoms with Gasteiger partial charge in [-0.15, -0.1) is 0 Å². The van der Waals surface area contributed by atoms with Crippen molar-refractivity contribution >= 4 is 17.0 Å². The summed E-state index contributed by atoms with van der Waals surface area (Å²) in [6.07, 6.45) is 0. The number of carbonyl (C=O) groups is 1. The Morgan fingerprint density at radius 2 is 1.74 bits per heavy atom. The average Bonchev–Trinajstić information content (AvgIpc) is 2.39. The van der Waals surface area contributed by atoms with Crippen molar-refractivity contribution in [2.24, 2.45) is 0 Å². The monoisotopic (exact) mass is 278 g/mol. The van der Waals surface area contributed by atoms with E-state index in [9.17, 15) is 13.6 Å². The molecule has 2 N–H and O–H groups in total. The van der Waals surface area contributed by atoms with Crippen LogP contribution in [0, 0.1) is 0 Å². The second kappa shape index (κ2) is 5.64. The van der Waals surface area contributed by atoms with Crippen LogP contribution in [0.5, 0.6) is 11.5 Å². The summed E-state index contributed by atoms with van der Waals surface area (Å²) in [4.78, 5) is 11.0. The van der Waals surface area contributed by atoms with Gasteiger partial charge in [0.1, 0.15) is 16.2 Å². The summed E-state index contributed by atoms with van der Waals surface area (Å²) >= 11 is -2.33. The van der Waals surface area contributed by atoms with E-state index in [4.69, 9.17) is 9.84 Å². The number of aromatic carboxylic acids is 1. The number of benzene rings is 2. The van der Waals surface area contributed by atoms with Gasteiger partial charge in [-0.3, -0.25) is 0 Å². The molecule has 0 saturated heterocycles. The molecule has 98 valence electrons. The molecule has 0 radical (unpaired) electrons. The molecule has 0 bridgehead atoms. The summed E-state index contributed by atoms with van der Waals surface area (Å²) in [7, 11) is 0. The predicted molar refractivity (Wildman–Crippen MR) is 69.0 cm³/mol. The zero-order valence-electron chi connectivity index (χ0n) is 9.65. The third-order valence-electron chi connectivity index (χ3n) is 2.36. The third-order valence-corrected chi connectivity index (χ3v) is 3.06. The van der Waals surface area contributed by atoms with Gasteiger partial charge < -0.3 is 14.4 Å². The maximum atomic E-state index is 11.2. The van der Waals surface area contributed by atoms with Crippen LogP contribution in [0.1, 0.15) is 10.4 Å². The van der Waals surface area contributed by atoms with E-state index >= 15 is 0 Å². The fourth-order valence-electron chi connectivity index (χ4n) is 1.53. The molecule has 0 aliphatic heterocycles. The summed E-state index contributed by atoms with van der Waals surface area (Å²) in [6, 6.07) is 12.5. The molecule has 0 heterocycles. The van der Waals surface area contributed by atoms with E-state index in [1.54, 1.807) is 30.3 Å². The summed E-state index contributed by atoms with van der Waals surface area (Å²) in [5.74, 6) is -0.955. The topological polar surface area (TPSA) is 83.8 Å². The molecular weight excluding hydrogens is 268 g/mol. The molecule has 0 aromatic heterocycles. The normalized spacial score (nSPS) is 11.8. The van der Waals surface area contributed by atoms with E-state index in [0.29, 0.717) is 5.75 Å². The molecule has 0 amide bonds. The highest BCUT2D eigenvalue weighted by molar-refractivity contribution is 7.79. The molecule has 19 heavy (non-hydrogen) atoms. The SMILES string of the molecule is O=C(O)c1cccc(S(=O)O)c1Oc1ccccc1. The van der Waals surface area contributed by atoms with Crippen molar-refractivity contribution in [2.45, 2.75) is 4.90 Å². The second-order valence-electron chi connectivity index (χ2n) is 3.60. The number of para-hydroxylation sites is 2. The van der Waals surface area contributed by atoms with Gasteiger partial charge in [-0.05, 0) is 24.3 Å². The highest BCUT2D eigenvalue weighted by Crippen LogP contribution is 2.31. The molecule has 2 aromatic carbocycles. The Kier molecular flexibility index (Phi) is 3.94. The molecule has 1 atom stereocenters. The minimum Gasteiger partial charge on any atom is -0.478 e. The number of hydrogen-bond acceptors (Lipinski definition) is 3. The lowest BCUT2D eigenvalue weighted by molar-refractivity contribution is 0.0693. The van der Waals surface area contributed by atoms with Gasteiger partial charge in [0.25, 0.3) is 0 Å². The second-order valence-corrected chi connectivity index (χ2v) is 4.54. The number of hydrogen-bond donors (Lipinski definition) is 2. The van der Waals surface area contributed by atoms with Gasteiger partial charge in [-0.2, -0.15) is 0 Å². The first-order chi connectivity index (χ1) is 9.09. The van der Waals surface area contributed by atoms with E-state index in [0.717, 1.165) is 0 Å². The molecule has 0 fully saturated rings. The van der Waals surface area contributed by atoms with Crippen molar-refractivity contribution < 1.29 is 23.4 Å². The van der Waals surface area contributed by atoms with Crippen molar-refractivity contribution in [1.82, 2.24) is 0 Å². The van der Waals surface area contributed by atoms with Crippen LogP contribution in [-0.2, 0) is 11.1 Å². The maximum absolute atomic E-state index is 11.2. The van der Waals surface area contributed by atoms with Gasteiger partial charge in [-0.25, -0.2) is 9.00 Å². The van der Waals surface area contributed by atoms with Gasteiger partial charge in [0, 0.05) is 0 Å².